The monoisotopic (exact) mass is 217 g/mol. The van der Waals surface area contributed by atoms with Crippen LogP contribution in [-0.2, 0) is 4.79 Å². The Hall–Kier alpha value is -0.610. The molecule has 0 heterocycles. The van der Waals surface area contributed by atoms with Crippen molar-refractivity contribution < 1.29 is 15.0 Å². The van der Waals surface area contributed by atoms with Crippen molar-refractivity contribution in [1.82, 2.24) is 5.32 Å². The molecule has 4 nitrogen and oxygen atoms in total. The third-order valence-electron chi connectivity index (χ3n) is 2.79. The van der Waals surface area contributed by atoms with E-state index < -0.39 is 11.1 Å². The predicted molar refractivity (Wildman–Crippen MR) is 59.5 cm³/mol. The van der Waals surface area contributed by atoms with Crippen LogP contribution >= 0.6 is 0 Å². The van der Waals surface area contributed by atoms with Crippen LogP contribution in [0.2, 0.25) is 0 Å². The van der Waals surface area contributed by atoms with Gasteiger partial charge in [0, 0.05) is 13.0 Å². The molecule has 4 heteroatoms. The van der Waals surface area contributed by atoms with Gasteiger partial charge >= 0.3 is 0 Å². The van der Waals surface area contributed by atoms with E-state index in [2.05, 4.69) is 5.32 Å². The lowest BCUT2D eigenvalue weighted by molar-refractivity contribution is -0.126. The molecule has 0 aliphatic carbocycles. The summed E-state index contributed by atoms with van der Waals surface area (Å²) in [6.45, 7) is 7.03. The maximum absolute atomic E-state index is 11.5. The number of rotatable bonds is 6. The van der Waals surface area contributed by atoms with Crippen LogP contribution in [0.1, 0.15) is 47.0 Å². The van der Waals surface area contributed by atoms with E-state index in [-0.39, 0.29) is 12.5 Å². The summed E-state index contributed by atoms with van der Waals surface area (Å²) >= 11 is 0. The van der Waals surface area contributed by atoms with Crippen LogP contribution in [0.15, 0.2) is 0 Å². The molecule has 0 aromatic heterocycles. The Bertz CT molecular complexity index is 206. The highest BCUT2D eigenvalue weighted by Crippen LogP contribution is 2.20. The van der Waals surface area contributed by atoms with Gasteiger partial charge in [-0.1, -0.05) is 0 Å². The van der Waals surface area contributed by atoms with Gasteiger partial charge in [0.2, 0.25) is 5.91 Å². The molecule has 90 valence electrons. The third-order valence-corrected chi connectivity index (χ3v) is 2.79. The first-order valence-electron chi connectivity index (χ1n) is 5.35. The smallest absolute Gasteiger partial charge is 0.220 e. The topological polar surface area (TPSA) is 69.6 Å². The molecular weight excluding hydrogens is 194 g/mol. The highest BCUT2D eigenvalue weighted by Gasteiger charge is 2.35. The van der Waals surface area contributed by atoms with Gasteiger partial charge in [0.05, 0.1) is 11.1 Å². The van der Waals surface area contributed by atoms with Crippen LogP contribution in [-0.4, -0.2) is 33.9 Å². The summed E-state index contributed by atoms with van der Waals surface area (Å²) in [4.78, 5) is 11.5. The van der Waals surface area contributed by atoms with Gasteiger partial charge in [-0.05, 0) is 40.5 Å². The normalized spacial score (nSPS) is 12.7. The van der Waals surface area contributed by atoms with Crippen molar-refractivity contribution in [2.75, 3.05) is 6.61 Å². The second-order valence-corrected chi connectivity index (χ2v) is 4.91. The minimum absolute atomic E-state index is 0.0874. The molecule has 0 radical (unpaired) electrons. The molecule has 3 N–H and O–H groups in total. The van der Waals surface area contributed by atoms with E-state index >= 15 is 0 Å². The molecule has 0 saturated carbocycles. The van der Waals surface area contributed by atoms with Gasteiger partial charge in [-0.3, -0.25) is 4.79 Å². The average Bonchev–Trinajstić information content (AvgIpc) is 2.01. The van der Waals surface area contributed by atoms with Gasteiger partial charge in [0.15, 0.2) is 0 Å². The molecule has 0 aliphatic heterocycles. The van der Waals surface area contributed by atoms with Crippen LogP contribution in [0, 0.1) is 0 Å². The molecule has 1 amide bonds. The molecule has 0 aliphatic rings. The van der Waals surface area contributed by atoms with E-state index in [9.17, 15) is 9.90 Å². The summed E-state index contributed by atoms with van der Waals surface area (Å²) in [5, 5.41) is 21.2. The average molecular weight is 217 g/mol. The Morgan fingerprint density at radius 1 is 1.20 bits per heavy atom. The Morgan fingerprint density at radius 3 is 2.13 bits per heavy atom. The van der Waals surface area contributed by atoms with Crippen molar-refractivity contribution in [2.45, 2.75) is 58.1 Å². The standard InChI is InChI=1S/C11H23NO3/c1-10(2,11(3,4)15)12-9(14)7-5-6-8-13/h13,15H,5-8H2,1-4H3,(H,12,14). The van der Waals surface area contributed by atoms with Crippen LogP contribution in [0.4, 0.5) is 0 Å². The van der Waals surface area contributed by atoms with Crippen molar-refractivity contribution >= 4 is 5.91 Å². The van der Waals surface area contributed by atoms with Gasteiger partial charge in [-0.2, -0.15) is 0 Å². The Kier molecular flexibility index (Phi) is 5.24. The second kappa shape index (κ2) is 5.47. The molecule has 0 atom stereocenters. The van der Waals surface area contributed by atoms with Crippen LogP contribution in [0.25, 0.3) is 0 Å². The number of amides is 1. The van der Waals surface area contributed by atoms with E-state index in [0.717, 1.165) is 0 Å². The number of nitrogens with one attached hydrogen (secondary N) is 1. The largest absolute Gasteiger partial charge is 0.396 e. The van der Waals surface area contributed by atoms with E-state index in [1.807, 2.05) is 0 Å². The van der Waals surface area contributed by atoms with Gasteiger partial charge in [-0.25, -0.2) is 0 Å². The van der Waals surface area contributed by atoms with Crippen molar-refractivity contribution in [3.63, 3.8) is 0 Å². The van der Waals surface area contributed by atoms with Crippen molar-refractivity contribution in [1.29, 1.82) is 0 Å². The molecule has 0 aromatic carbocycles. The van der Waals surface area contributed by atoms with Crippen molar-refractivity contribution in [3.05, 3.63) is 0 Å². The van der Waals surface area contributed by atoms with Crippen LogP contribution in [0.3, 0.4) is 0 Å². The van der Waals surface area contributed by atoms with Crippen LogP contribution in [0.5, 0.6) is 0 Å². The van der Waals surface area contributed by atoms with Crippen LogP contribution < -0.4 is 5.32 Å². The lowest BCUT2D eigenvalue weighted by atomic mass is 9.86. The first kappa shape index (κ1) is 14.4. The number of aliphatic hydroxyl groups excluding tert-OH is 1. The quantitative estimate of drug-likeness (QED) is 0.577. The number of carbonyl (C=O) groups excluding carboxylic acids is 1. The van der Waals surface area contributed by atoms with Crippen molar-refractivity contribution in [2.24, 2.45) is 0 Å². The highest BCUT2D eigenvalue weighted by molar-refractivity contribution is 5.76. The lowest BCUT2D eigenvalue weighted by Gasteiger charge is -2.38. The summed E-state index contributed by atoms with van der Waals surface area (Å²) in [6, 6.07) is 0. The number of unbranched alkanes of at least 4 members (excludes halogenated alkanes) is 1. The Balaban J connectivity index is 4.06. The van der Waals surface area contributed by atoms with Gasteiger partial charge in [-0.15, -0.1) is 0 Å². The zero-order valence-electron chi connectivity index (χ0n) is 10.1. The summed E-state index contributed by atoms with van der Waals surface area (Å²) < 4.78 is 0. The molecule has 0 aromatic rings. The number of carbonyl (C=O) groups is 1. The first-order valence-corrected chi connectivity index (χ1v) is 5.35. The summed E-state index contributed by atoms with van der Waals surface area (Å²) in [6.07, 6.45) is 1.70. The second-order valence-electron chi connectivity index (χ2n) is 4.91. The zero-order chi connectivity index (χ0) is 12.1. The summed E-state index contributed by atoms with van der Waals surface area (Å²) in [5.41, 5.74) is -1.61. The molecule has 15 heavy (non-hydrogen) atoms. The SMILES string of the molecule is CC(C)(O)C(C)(C)NC(=O)CCCCO. The molecular formula is C11H23NO3. The fourth-order valence-electron chi connectivity index (χ4n) is 0.961. The van der Waals surface area contributed by atoms with E-state index in [4.69, 9.17) is 5.11 Å². The predicted octanol–water partition coefficient (Wildman–Crippen LogP) is 0.815. The van der Waals surface area contributed by atoms with Gasteiger partial charge in [0.1, 0.15) is 0 Å². The number of hydrogen-bond acceptors (Lipinski definition) is 3. The molecule has 0 fully saturated rings. The Labute approximate surface area is 91.7 Å². The zero-order valence-corrected chi connectivity index (χ0v) is 10.1. The van der Waals surface area contributed by atoms with Crippen molar-refractivity contribution in [3.8, 4) is 0 Å². The lowest BCUT2D eigenvalue weighted by Crippen LogP contribution is -2.57. The number of hydrogen-bond donors (Lipinski definition) is 3. The summed E-state index contributed by atoms with van der Waals surface area (Å²) in [7, 11) is 0. The minimum atomic E-state index is -0.959. The first-order chi connectivity index (χ1) is 6.70. The van der Waals surface area contributed by atoms with E-state index in [1.54, 1.807) is 27.7 Å². The maximum atomic E-state index is 11.5. The minimum Gasteiger partial charge on any atom is -0.396 e. The Morgan fingerprint density at radius 2 is 1.73 bits per heavy atom. The molecule has 0 unspecified atom stereocenters. The van der Waals surface area contributed by atoms with Gasteiger partial charge in [0.25, 0.3) is 0 Å². The summed E-state index contributed by atoms with van der Waals surface area (Å²) in [5.74, 6) is -0.0874. The maximum Gasteiger partial charge on any atom is 0.220 e. The molecule has 0 saturated heterocycles. The fourth-order valence-corrected chi connectivity index (χ4v) is 0.961. The fraction of sp³-hybridized carbons (Fsp3) is 0.909. The highest BCUT2D eigenvalue weighted by atomic mass is 16.3. The number of aliphatic hydroxyl groups is 2. The molecule has 0 spiro atoms. The molecule has 0 bridgehead atoms. The third kappa shape index (κ3) is 5.14. The molecule has 0 rings (SSSR count). The van der Waals surface area contributed by atoms with E-state index in [0.29, 0.717) is 19.3 Å². The van der Waals surface area contributed by atoms with Gasteiger partial charge < -0.3 is 15.5 Å². The van der Waals surface area contributed by atoms with E-state index in [1.165, 1.54) is 0 Å².